The van der Waals surface area contributed by atoms with Gasteiger partial charge in [-0.25, -0.2) is 0 Å². The van der Waals surface area contributed by atoms with Crippen molar-refractivity contribution >= 4 is 0 Å². The first kappa shape index (κ1) is 12.8. The van der Waals surface area contributed by atoms with Crippen molar-refractivity contribution in [3.63, 3.8) is 0 Å². The van der Waals surface area contributed by atoms with E-state index in [9.17, 15) is 5.11 Å². The van der Waals surface area contributed by atoms with Crippen LogP contribution in [0, 0.1) is 11.3 Å². The first-order valence-electron chi connectivity index (χ1n) is 7.18. The Morgan fingerprint density at radius 3 is 2.63 bits per heavy atom. The summed E-state index contributed by atoms with van der Waals surface area (Å²) >= 11 is 0. The Kier molecular flexibility index (Phi) is 3.17. The van der Waals surface area contributed by atoms with Gasteiger partial charge in [0.15, 0.2) is 11.5 Å². The van der Waals surface area contributed by atoms with E-state index < -0.39 is 0 Å². The molecule has 0 amide bonds. The molecule has 2 aliphatic rings. The molecule has 0 spiro atoms. The molecular formula is C16H22O3. The molecule has 1 aliphatic heterocycles. The Labute approximate surface area is 114 Å². The molecule has 1 heterocycles. The van der Waals surface area contributed by atoms with Gasteiger partial charge in [-0.2, -0.15) is 0 Å². The number of ether oxygens (including phenoxy) is 2. The SMILES string of the molecule is CC(C)C1(C(O)CCc2ccc3c(c2)OCO3)CC1. The highest BCUT2D eigenvalue weighted by atomic mass is 16.7. The molecule has 1 N–H and O–H groups in total. The van der Waals surface area contributed by atoms with Crippen LogP contribution in [-0.4, -0.2) is 18.0 Å². The van der Waals surface area contributed by atoms with Crippen molar-refractivity contribution in [2.24, 2.45) is 11.3 Å². The van der Waals surface area contributed by atoms with Crippen molar-refractivity contribution in [2.45, 2.75) is 45.6 Å². The number of aryl methyl sites for hydroxylation is 1. The van der Waals surface area contributed by atoms with E-state index in [0.717, 1.165) is 24.3 Å². The summed E-state index contributed by atoms with van der Waals surface area (Å²) in [6.45, 7) is 4.76. The van der Waals surface area contributed by atoms with E-state index >= 15 is 0 Å². The van der Waals surface area contributed by atoms with Crippen molar-refractivity contribution in [1.29, 1.82) is 0 Å². The second-order valence-corrected chi connectivity index (χ2v) is 6.13. The molecule has 0 aromatic heterocycles. The predicted molar refractivity (Wildman–Crippen MR) is 73.4 cm³/mol. The molecule has 3 nitrogen and oxygen atoms in total. The van der Waals surface area contributed by atoms with Crippen LogP contribution in [0.2, 0.25) is 0 Å². The summed E-state index contributed by atoms with van der Waals surface area (Å²) in [4.78, 5) is 0. The third-order valence-corrected chi connectivity index (χ3v) is 4.78. The maximum atomic E-state index is 10.4. The van der Waals surface area contributed by atoms with Gasteiger partial charge in [0.1, 0.15) is 0 Å². The summed E-state index contributed by atoms with van der Waals surface area (Å²) in [6, 6.07) is 6.05. The molecule has 3 rings (SSSR count). The van der Waals surface area contributed by atoms with Gasteiger partial charge in [-0.15, -0.1) is 0 Å². The number of aliphatic hydroxyl groups is 1. The standard InChI is InChI=1S/C16H22O3/c1-11(2)16(7-8-16)15(17)6-4-12-3-5-13-14(9-12)19-10-18-13/h3,5,9,11,15,17H,4,6-8,10H2,1-2H3. The normalized spacial score (nSPS) is 20.6. The Balaban J connectivity index is 1.61. The Morgan fingerprint density at radius 2 is 1.95 bits per heavy atom. The lowest BCUT2D eigenvalue weighted by atomic mass is 9.84. The summed E-state index contributed by atoms with van der Waals surface area (Å²) in [5, 5.41) is 10.4. The maximum absolute atomic E-state index is 10.4. The van der Waals surface area contributed by atoms with Gasteiger partial charge < -0.3 is 14.6 Å². The summed E-state index contributed by atoms with van der Waals surface area (Å²) in [6.07, 6.45) is 3.89. The molecule has 1 atom stereocenters. The molecule has 0 bridgehead atoms. The van der Waals surface area contributed by atoms with E-state index in [0.29, 0.717) is 12.7 Å². The van der Waals surface area contributed by atoms with E-state index in [1.165, 1.54) is 18.4 Å². The lowest BCUT2D eigenvalue weighted by molar-refractivity contribution is 0.0570. The molecule has 0 saturated heterocycles. The van der Waals surface area contributed by atoms with Crippen LogP contribution in [0.3, 0.4) is 0 Å². The van der Waals surface area contributed by atoms with Crippen LogP contribution in [0.4, 0.5) is 0 Å². The van der Waals surface area contributed by atoms with E-state index in [-0.39, 0.29) is 11.5 Å². The highest BCUT2D eigenvalue weighted by Crippen LogP contribution is 2.55. The third-order valence-electron chi connectivity index (χ3n) is 4.78. The summed E-state index contributed by atoms with van der Waals surface area (Å²) in [5.74, 6) is 2.22. The topological polar surface area (TPSA) is 38.7 Å². The number of fused-ring (bicyclic) bond motifs is 1. The van der Waals surface area contributed by atoms with Gasteiger partial charge in [-0.3, -0.25) is 0 Å². The number of rotatable bonds is 5. The Bertz CT molecular complexity index is 463. The van der Waals surface area contributed by atoms with Crippen molar-refractivity contribution in [3.8, 4) is 11.5 Å². The van der Waals surface area contributed by atoms with E-state index in [2.05, 4.69) is 19.9 Å². The minimum atomic E-state index is -0.182. The van der Waals surface area contributed by atoms with E-state index in [1.54, 1.807) is 0 Å². The van der Waals surface area contributed by atoms with Gasteiger partial charge in [0.25, 0.3) is 0 Å². The van der Waals surface area contributed by atoms with E-state index in [1.807, 2.05) is 12.1 Å². The van der Waals surface area contributed by atoms with Crippen LogP contribution in [0.15, 0.2) is 18.2 Å². The summed E-state index contributed by atoms with van der Waals surface area (Å²) in [5.41, 5.74) is 1.40. The maximum Gasteiger partial charge on any atom is 0.231 e. The second kappa shape index (κ2) is 4.71. The van der Waals surface area contributed by atoms with Crippen molar-refractivity contribution in [1.82, 2.24) is 0 Å². The summed E-state index contributed by atoms with van der Waals surface area (Å²) in [7, 11) is 0. The van der Waals surface area contributed by atoms with Crippen molar-refractivity contribution < 1.29 is 14.6 Å². The van der Waals surface area contributed by atoms with Crippen LogP contribution < -0.4 is 9.47 Å². The largest absolute Gasteiger partial charge is 0.454 e. The van der Waals surface area contributed by atoms with Gasteiger partial charge in [0.05, 0.1) is 6.10 Å². The number of hydrogen-bond acceptors (Lipinski definition) is 3. The molecule has 1 saturated carbocycles. The molecule has 0 radical (unpaired) electrons. The van der Waals surface area contributed by atoms with Crippen LogP contribution >= 0.6 is 0 Å². The number of aliphatic hydroxyl groups excluding tert-OH is 1. The molecule has 1 aromatic rings. The fraction of sp³-hybridized carbons (Fsp3) is 0.625. The smallest absolute Gasteiger partial charge is 0.231 e. The molecule has 1 aromatic carbocycles. The lowest BCUT2D eigenvalue weighted by Crippen LogP contribution is -2.27. The van der Waals surface area contributed by atoms with Gasteiger partial charge in [0.2, 0.25) is 6.79 Å². The molecule has 1 fully saturated rings. The molecular weight excluding hydrogens is 240 g/mol. The quantitative estimate of drug-likeness (QED) is 0.886. The van der Waals surface area contributed by atoms with Crippen LogP contribution in [0.25, 0.3) is 0 Å². The van der Waals surface area contributed by atoms with Crippen LogP contribution in [0.5, 0.6) is 11.5 Å². The average molecular weight is 262 g/mol. The van der Waals surface area contributed by atoms with Crippen molar-refractivity contribution in [3.05, 3.63) is 23.8 Å². The zero-order chi connectivity index (χ0) is 13.5. The minimum Gasteiger partial charge on any atom is -0.454 e. The van der Waals surface area contributed by atoms with Gasteiger partial charge in [0, 0.05) is 0 Å². The van der Waals surface area contributed by atoms with Gasteiger partial charge in [-0.05, 0) is 54.7 Å². The Hall–Kier alpha value is -1.22. The first-order valence-corrected chi connectivity index (χ1v) is 7.18. The molecule has 3 heteroatoms. The zero-order valence-corrected chi connectivity index (χ0v) is 11.7. The minimum absolute atomic E-state index is 0.182. The third kappa shape index (κ3) is 2.32. The Morgan fingerprint density at radius 1 is 1.21 bits per heavy atom. The van der Waals surface area contributed by atoms with Crippen LogP contribution in [-0.2, 0) is 6.42 Å². The highest BCUT2D eigenvalue weighted by molar-refractivity contribution is 5.44. The monoisotopic (exact) mass is 262 g/mol. The fourth-order valence-corrected chi connectivity index (χ4v) is 3.13. The molecule has 104 valence electrons. The number of benzene rings is 1. The second-order valence-electron chi connectivity index (χ2n) is 6.13. The predicted octanol–water partition coefficient (Wildman–Crippen LogP) is 3.15. The fourth-order valence-electron chi connectivity index (χ4n) is 3.13. The van der Waals surface area contributed by atoms with Gasteiger partial charge >= 0.3 is 0 Å². The average Bonchev–Trinajstić information content (AvgIpc) is 3.09. The summed E-state index contributed by atoms with van der Waals surface area (Å²) < 4.78 is 10.7. The van der Waals surface area contributed by atoms with Crippen molar-refractivity contribution in [2.75, 3.05) is 6.79 Å². The first-order chi connectivity index (χ1) is 9.12. The molecule has 1 aliphatic carbocycles. The highest BCUT2D eigenvalue weighted by Gasteiger charge is 2.50. The molecule has 1 unspecified atom stereocenters. The zero-order valence-electron chi connectivity index (χ0n) is 11.7. The van der Waals surface area contributed by atoms with Gasteiger partial charge in [-0.1, -0.05) is 19.9 Å². The molecule has 19 heavy (non-hydrogen) atoms. The number of hydrogen-bond donors (Lipinski definition) is 1. The lowest BCUT2D eigenvalue weighted by Gasteiger charge is -2.26. The van der Waals surface area contributed by atoms with E-state index in [4.69, 9.17) is 9.47 Å². The van der Waals surface area contributed by atoms with Crippen LogP contribution in [0.1, 0.15) is 38.7 Å².